The molecule has 100 valence electrons. The zero-order valence-electron chi connectivity index (χ0n) is 11.3. The molecule has 2 aromatic rings. The summed E-state index contributed by atoms with van der Waals surface area (Å²) in [6.07, 6.45) is 0. The fourth-order valence-electron chi connectivity index (χ4n) is 1.84. The molecule has 2 rings (SSSR count). The molecule has 3 heteroatoms. The molecular weight excluding hydrogens is 260 g/mol. The molecule has 19 heavy (non-hydrogen) atoms. The van der Waals surface area contributed by atoms with Crippen LogP contribution in [-0.2, 0) is 0 Å². The van der Waals surface area contributed by atoms with Crippen molar-refractivity contribution < 1.29 is 9.47 Å². The molecule has 0 aromatic heterocycles. The highest BCUT2D eigenvalue weighted by atomic mass is 35.5. The van der Waals surface area contributed by atoms with Gasteiger partial charge in [0, 0.05) is 11.1 Å². The van der Waals surface area contributed by atoms with Gasteiger partial charge in [0.15, 0.2) is 0 Å². The van der Waals surface area contributed by atoms with Crippen molar-refractivity contribution in [1.82, 2.24) is 0 Å². The Kier molecular flexibility index (Phi) is 4.33. The van der Waals surface area contributed by atoms with E-state index in [2.05, 4.69) is 13.8 Å². The van der Waals surface area contributed by atoms with E-state index in [-0.39, 0.29) is 0 Å². The summed E-state index contributed by atoms with van der Waals surface area (Å²) in [7, 11) is 1.63. The Morgan fingerprint density at radius 1 is 0.947 bits per heavy atom. The fourth-order valence-corrected chi connectivity index (χ4v) is 2.23. The van der Waals surface area contributed by atoms with E-state index < -0.39 is 0 Å². The average Bonchev–Trinajstić information content (AvgIpc) is 2.38. The minimum Gasteiger partial charge on any atom is -0.497 e. The summed E-state index contributed by atoms with van der Waals surface area (Å²) in [6, 6.07) is 13.3. The van der Waals surface area contributed by atoms with E-state index in [1.807, 2.05) is 42.5 Å². The third-order valence-electron chi connectivity index (χ3n) is 2.87. The maximum atomic E-state index is 6.24. The predicted molar refractivity (Wildman–Crippen MR) is 78.6 cm³/mol. The Hall–Kier alpha value is -1.67. The monoisotopic (exact) mass is 276 g/mol. The lowest BCUT2D eigenvalue weighted by molar-refractivity contribution is 0.409. The minimum absolute atomic E-state index is 0.401. The first-order valence-corrected chi connectivity index (χ1v) is 6.59. The van der Waals surface area contributed by atoms with Crippen molar-refractivity contribution in [2.45, 2.75) is 19.8 Å². The van der Waals surface area contributed by atoms with Crippen LogP contribution in [0.1, 0.15) is 25.3 Å². The van der Waals surface area contributed by atoms with Gasteiger partial charge in [0.25, 0.3) is 0 Å². The van der Waals surface area contributed by atoms with Crippen molar-refractivity contribution in [3.05, 3.63) is 53.1 Å². The summed E-state index contributed by atoms with van der Waals surface area (Å²) in [5.41, 5.74) is 1.12. The second-order valence-corrected chi connectivity index (χ2v) is 5.03. The van der Waals surface area contributed by atoms with Crippen molar-refractivity contribution in [3.63, 3.8) is 0 Å². The molecule has 0 amide bonds. The van der Waals surface area contributed by atoms with Gasteiger partial charge >= 0.3 is 0 Å². The lowest BCUT2D eigenvalue weighted by atomic mass is 10.0. The van der Waals surface area contributed by atoms with E-state index in [1.54, 1.807) is 7.11 Å². The number of hydrogen-bond donors (Lipinski definition) is 0. The SMILES string of the molecule is COc1cccc(Oc2ccc(C(C)C)c(Cl)c2)c1. The number of halogens is 1. The molecule has 0 aliphatic carbocycles. The Morgan fingerprint density at radius 3 is 2.26 bits per heavy atom. The highest BCUT2D eigenvalue weighted by molar-refractivity contribution is 6.31. The van der Waals surface area contributed by atoms with Gasteiger partial charge in [-0.2, -0.15) is 0 Å². The molecule has 2 aromatic carbocycles. The van der Waals surface area contributed by atoms with Gasteiger partial charge < -0.3 is 9.47 Å². The molecule has 0 atom stereocenters. The highest BCUT2D eigenvalue weighted by Crippen LogP contribution is 2.31. The van der Waals surface area contributed by atoms with Crippen molar-refractivity contribution in [1.29, 1.82) is 0 Å². The molecule has 0 aliphatic heterocycles. The molecule has 0 heterocycles. The number of ether oxygens (including phenoxy) is 2. The normalized spacial score (nSPS) is 10.6. The molecular formula is C16H17ClO2. The first-order valence-electron chi connectivity index (χ1n) is 6.21. The fraction of sp³-hybridized carbons (Fsp3) is 0.250. The van der Waals surface area contributed by atoms with Crippen LogP contribution in [-0.4, -0.2) is 7.11 Å². The third-order valence-corrected chi connectivity index (χ3v) is 3.20. The molecule has 0 spiro atoms. The summed E-state index contributed by atoms with van der Waals surface area (Å²) < 4.78 is 10.9. The van der Waals surface area contributed by atoms with Crippen molar-refractivity contribution >= 4 is 11.6 Å². The lowest BCUT2D eigenvalue weighted by Crippen LogP contribution is -1.91. The van der Waals surface area contributed by atoms with Crippen LogP contribution in [0.25, 0.3) is 0 Å². The van der Waals surface area contributed by atoms with Crippen LogP contribution in [0.2, 0.25) is 5.02 Å². The van der Waals surface area contributed by atoms with Crippen LogP contribution in [0.4, 0.5) is 0 Å². The lowest BCUT2D eigenvalue weighted by Gasteiger charge is -2.11. The summed E-state index contributed by atoms with van der Waals surface area (Å²) in [4.78, 5) is 0. The van der Waals surface area contributed by atoms with Crippen LogP contribution < -0.4 is 9.47 Å². The molecule has 0 N–H and O–H groups in total. The van der Waals surface area contributed by atoms with E-state index in [1.165, 1.54) is 0 Å². The number of benzene rings is 2. The van der Waals surface area contributed by atoms with E-state index >= 15 is 0 Å². The summed E-state index contributed by atoms with van der Waals surface area (Å²) >= 11 is 6.24. The molecule has 2 nitrogen and oxygen atoms in total. The molecule has 0 fully saturated rings. The van der Waals surface area contributed by atoms with Gasteiger partial charge in [-0.15, -0.1) is 0 Å². The maximum absolute atomic E-state index is 6.24. The zero-order valence-corrected chi connectivity index (χ0v) is 12.1. The number of rotatable bonds is 4. The third kappa shape index (κ3) is 3.42. The largest absolute Gasteiger partial charge is 0.497 e. The summed E-state index contributed by atoms with van der Waals surface area (Å²) in [5, 5.41) is 0.732. The minimum atomic E-state index is 0.401. The van der Waals surface area contributed by atoms with E-state index in [9.17, 15) is 0 Å². The first-order chi connectivity index (χ1) is 9.10. The van der Waals surface area contributed by atoms with Crippen molar-refractivity contribution in [3.8, 4) is 17.2 Å². The van der Waals surface area contributed by atoms with Crippen LogP contribution in [0.3, 0.4) is 0 Å². The maximum Gasteiger partial charge on any atom is 0.131 e. The second-order valence-electron chi connectivity index (χ2n) is 4.62. The molecule has 0 unspecified atom stereocenters. The van der Waals surface area contributed by atoms with Crippen molar-refractivity contribution in [2.24, 2.45) is 0 Å². The molecule has 0 saturated heterocycles. The van der Waals surface area contributed by atoms with Crippen LogP contribution in [0.5, 0.6) is 17.2 Å². The second kappa shape index (κ2) is 5.98. The van der Waals surface area contributed by atoms with E-state index in [0.717, 1.165) is 27.8 Å². The van der Waals surface area contributed by atoms with Gasteiger partial charge in [-0.1, -0.05) is 37.6 Å². The van der Waals surface area contributed by atoms with Gasteiger partial charge in [0.2, 0.25) is 0 Å². The molecule has 0 radical (unpaired) electrons. The Morgan fingerprint density at radius 2 is 1.63 bits per heavy atom. The van der Waals surface area contributed by atoms with Gasteiger partial charge in [-0.05, 0) is 35.7 Å². The molecule has 0 bridgehead atoms. The van der Waals surface area contributed by atoms with Crippen LogP contribution in [0, 0.1) is 0 Å². The Bertz CT molecular complexity index is 564. The first kappa shape index (κ1) is 13.8. The van der Waals surface area contributed by atoms with Gasteiger partial charge in [0.1, 0.15) is 17.2 Å². The summed E-state index contributed by atoms with van der Waals surface area (Å²) in [6.45, 7) is 4.23. The van der Waals surface area contributed by atoms with Crippen LogP contribution in [0.15, 0.2) is 42.5 Å². The predicted octanol–water partition coefficient (Wildman–Crippen LogP) is 5.26. The van der Waals surface area contributed by atoms with E-state index in [0.29, 0.717) is 5.92 Å². The van der Waals surface area contributed by atoms with E-state index in [4.69, 9.17) is 21.1 Å². The molecule has 0 saturated carbocycles. The zero-order chi connectivity index (χ0) is 13.8. The topological polar surface area (TPSA) is 18.5 Å². The average molecular weight is 277 g/mol. The molecule has 0 aliphatic rings. The Labute approximate surface area is 118 Å². The van der Waals surface area contributed by atoms with Gasteiger partial charge in [-0.25, -0.2) is 0 Å². The summed E-state index contributed by atoms with van der Waals surface area (Å²) in [5.74, 6) is 2.62. The number of hydrogen-bond acceptors (Lipinski definition) is 2. The number of methoxy groups -OCH3 is 1. The Balaban J connectivity index is 2.21. The van der Waals surface area contributed by atoms with Gasteiger partial charge in [-0.3, -0.25) is 0 Å². The van der Waals surface area contributed by atoms with Crippen LogP contribution >= 0.6 is 11.6 Å². The standard InChI is InChI=1S/C16H17ClO2/c1-11(2)15-8-7-14(10-16(15)17)19-13-6-4-5-12(9-13)18-3/h4-11H,1-3H3. The van der Waals surface area contributed by atoms with Gasteiger partial charge in [0.05, 0.1) is 7.11 Å². The quantitative estimate of drug-likeness (QED) is 0.758. The van der Waals surface area contributed by atoms with Crippen molar-refractivity contribution in [2.75, 3.05) is 7.11 Å². The smallest absolute Gasteiger partial charge is 0.131 e. The highest BCUT2D eigenvalue weighted by Gasteiger charge is 2.07.